The molecule has 0 radical (unpaired) electrons. The Morgan fingerprint density at radius 2 is 1.85 bits per heavy atom. The third-order valence-electron chi connectivity index (χ3n) is 4.83. The number of ether oxygens (including phenoxy) is 1. The molecule has 2 aromatic rings. The summed E-state index contributed by atoms with van der Waals surface area (Å²) in [5.41, 5.74) is 3.51. The van der Waals surface area contributed by atoms with Gasteiger partial charge in [0.15, 0.2) is 0 Å². The first-order valence-corrected chi connectivity index (χ1v) is 10.3. The van der Waals surface area contributed by atoms with Crippen molar-refractivity contribution in [3.05, 3.63) is 53.1 Å². The van der Waals surface area contributed by atoms with Gasteiger partial charge >= 0.3 is 0 Å². The average molecular weight is 388 g/mol. The molecule has 0 aliphatic heterocycles. The number of hydrogen-bond donors (Lipinski definition) is 1. The third-order valence-corrected chi connectivity index (χ3v) is 6.66. The fraction of sp³-hybridized carbons (Fsp3) is 0.350. The summed E-state index contributed by atoms with van der Waals surface area (Å²) in [5.74, 6) is -0.135. The fourth-order valence-corrected chi connectivity index (χ4v) is 4.38. The van der Waals surface area contributed by atoms with Gasteiger partial charge in [-0.2, -0.15) is 0 Å². The lowest BCUT2D eigenvalue weighted by molar-refractivity contribution is 0.102. The normalized spacial score (nSPS) is 13.9. The average Bonchev–Trinajstić information content (AvgIpc) is 2.67. The summed E-state index contributed by atoms with van der Waals surface area (Å²) in [6.45, 7) is 0. The van der Waals surface area contributed by atoms with E-state index in [0.29, 0.717) is 0 Å². The Labute approximate surface area is 160 Å². The maximum atomic E-state index is 12.8. The van der Waals surface area contributed by atoms with E-state index in [-0.39, 0.29) is 22.1 Å². The quantitative estimate of drug-likeness (QED) is 0.854. The first kappa shape index (κ1) is 19.4. The zero-order valence-electron chi connectivity index (χ0n) is 15.8. The fourth-order valence-electron chi connectivity index (χ4n) is 3.31. The smallest absolute Gasteiger partial charge is 0.255 e. The molecule has 0 heterocycles. The number of fused-ring (bicyclic) bond motifs is 1. The van der Waals surface area contributed by atoms with E-state index in [1.807, 2.05) is 12.1 Å². The van der Waals surface area contributed by atoms with Crippen LogP contribution >= 0.6 is 0 Å². The van der Waals surface area contributed by atoms with Crippen molar-refractivity contribution in [2.24, 2.45) is 0 Å². The van der Waals surface area contributed by atoms with Crippen molar-refractivity contribution >= 4 is 21.6 Å². The van der Waals surface area contributed by atoms with Gasteiger partial charge in [0.2, 0.25) is 10.0 Å². The summed E-state index contributed by atoms with van der Waals surface area (Å²) in [6, 6.07) is 10.4. The number of aryl methyl sites for hydroxylation is 1. The SMILES string of the molecule is COc1ccc(C(=O)Nc2cccc3c2CCCC3)cc1S(=O)(=O)N(C)C. The van der Waals surface area contributed by atoms with Crippen molar-refractivity contribution in [3.8, 4) is 5.75 Å². The Bertz CT molecular complexity index is 968. The number of anilines is 1. The molecule has 0 saturated heterocycles. The second kappa shape index (κ2) is 7.70. The molecule has 27 heavy (non-hydrogen) atoms. The van der Waals surface area contributed by atoms with E-state index in [1.54, 1.807) is 6.07 Å². The van der Waals surface area contributed by atoms with Crippen molar-refractivity contribution < 1.29 is 17.9 Å². The van der Waals surface area contributed by atoms with Crippen LogP contribution in [0.5, 0.6) is 5.75 Å². The molecule has 6 nitrogen and oxygen atoms in total. The summed E-state index contributed by atoms with van der Waals surface area (Å²) in [4.78, 5) is 12.8. The number of sulfonamides is 1. The van der Waals surface area contributed by atoms with Crippen LogP contribution in [0.3, 0.4) is 0 Å². The number of hydrogen-bond acceptors (Lipinski definition) is 4. The molecule has 1 aliphatic carbocycles. The molecule has 1 N–H and O–H groups in total. The minimum atomic E-state index is -3.73. The highest BCUT2D eigenvalue weighted by molar-refractivity contribution is 7.89. The predicted molar refractivity (Wildman–Crippen MR) is 105 cm³/mol. The molecule has 7 heteroatoms. The summed E-state index contributed by atoms with van der Waals surface area (Å²) >= 11 is 0. The van der Waals surface area contributed by atoms with Crippen LogP contribution < -0.4 is 10.1 Å². The van der Waals surface area contributed by atoms with Gasteiger partial charge in [-0.3, -0.25) is 4.79 Å². The highest BCUT2D eigenvalue weighted by Crippen LogP contribution is 2.30. The molecule has 1 aliphatic rings. The van der Waals surface area contributed by atoms with Crippen LogP contribution in [-0.4, -0.2) is 39.8 Å². The summed E-state index contributed by atoms with van der Waals surface area (Å²) in [7, 11) is 0.553. The van der Waals surface area contributed by atoms with Crippen molar-refractivity contribution in [1.82, 2.24) is 4.31 Å². The standard InChI is InChI=1S/C20H24N2O4S/c1-22(2)27(24,25)19-13-15(11-12-18(19)26-3)20(23)21-17-10-6-8-14-7-4-5-9-16(14)17/h6,8,10-13H,4-5,7,9H2,1-3H3,(H,21,23). The van der Waals surface area contributed by atoms with E-state index < -0.39 is 10.0 Å². The zero-order chi connectivity index (χ0) is 19.6. The lowest BCUT2D eigenvalue weighted by Crippen LogP contribution is -2.23. The zero-order valence-corrected chi connectivity index (χ0v) is 16.6. The number of carbonyl (C=O) groups excluding carboxylic acids is 1. The molecule has 0 bridgehead atoms. The van der Waals surface area contributed by atoms with Crippen LogP contribution in [-0.2, 0) is 22.9 Å². The van der Waals surface area contributed by atoms with Gasteiger partial charge in [0.05, 0.1) is 7.11 Å². The number of carbonyl (C=O) groups is 1. The van der Waals surface area contributed by atoms with Crippen molar-refractivity contribution in [2.45, 2.75) is 30.6 Å². The lowest BCUT2D eigenvalue weighted by Gasteiger charge is -2.20. The van der Waals surface area contributed by atoms with Gasteiger partial charge in [0, 0.05) is 25.3 Å². The molecule has 0 aromatic heterocycles. The predicted octanol–water partition coefficient (Wildman–Crippen LogP) is 3.08. The highest BCUT2D eigenvalue weighted by Gasteiger charge is 2.24. The van der Waals surface area contributed by atoms with Crippen LogP contribution in [0.1, 0.15) is 34.3 Å². The Morgan fingerprint density at radius 1 is 1.11 bits per heavy atom. The van der Waals surface area contributed by atoms with Crippen molar-refractivity contribution in [1.29, 1.82) is 0 Å². The van der Waals surface area contributed by atoms with E-state index in [2.05, 4.69) is 11.4 Å². The molecule has 1 amide bonds. The van der Waals surface area contributed by atoms with E-state index in [4.69, 9.17) is 4.74 Å². The number of methoxy groups -OCH3 is 1. The minimum absolute atomic E-state index is 0.0299. The third kappa shape index (κ3) is 3.84. The minimum Gasteiger partial charge on any atom is -0.495 e. The molecular formula is C20H24N2O4S. The van der Waals surface area contributed by atoms with Crippen LogP contribution in [0.25, 0.3) is 0 Å². The molecule has 0 unspecified atom stereocenters. The Balaban J connectivity index is 1.95. The topological polar surface area (TPSA) is 75.7 Å². The molecular weight excluding hydrogens is 364 g/mol. The summed E-state index contributed by atoms with van der Waals surface area (Å²) in [5, 5.41) is 2.94. The summed E-state index contributed by atoms with van der Waals surface area (Å²) < 4.78 is 31.4. The second-order valence-electron chi connectivity index (χ2n) is 6.76. The van der Waals surface area contributed by atoms with Crippen molar-refractivity contribution in [2.75, 3.05) is 26.5 Å². The van der Waals surface area contributed by atoms with Gasteiger partial charge < -0.3 is 10.1 Å². The van der Waals surface area contributed by atoms with Crippen LogP contribution in [0.2, 0.25) is 0 Å². The van der Waals surface area contributed by atoms with Gasteiger partial charge in [-0.15, -0.1) is 0 Å². The molecule has 0 atom stereocenters. The second-order valence-corrected chi connectivity index (χ2v) is 8.88. The maximum Gasteiger partial charge on any atom is 0.255 e. The molecule has 2 aromatic carbocycles. The largest absolute Gasteiger partial charge is 0.495 e. The van der Waals surface area contributed by atoms with E-state index in [0.717, 1.165) is 35.7 Å². The van der Waals surface area contributed by atoms with E-state index in [9.17, 15) is 13.2 Å². The number of amides is 1. The maximum absolute atomic E-state index is 12.8. The Kier molecular flexibility index (Phi) is 5.53. The Morgan fingerprint density at radius 3 is 2.56 bits per heavy atom. The lowest BCUT2D eigenvalue weighted by atomic mass is 9.90. The molecule has 0 saturated carbocycles. The van der Waals surface area contributed by atoms with Crippen LogP contribution in [0.4, 0.5) is 5.69 Å². The van der Waals surface area contributed by atoms with Gasteiger partial charge in [-0.25, -0.2) is 12.7 Å². The van der Waals surface area contributed by atoms with Crippen LogP contribution in [0, 0.1) is 0 Å². The van der Waals surface area contributed by atoms with E-state index in [1.165, 1.54) is 44.5 Å². The van der Waals surface area contributed by atoms with Crippen molar-refractivity contribution in [3.63, 3.8) is 0 Å². The first-order chi connectivity index (χ1) is 12.8. The van der Waals surface area contributed by atoms with E-state index >= 15 is 0 Å². The number of rotatable bonds is 5. The van der Waals surface area contributed by atoms with Gasteiger partial charge in [0.25, 0.3) is 5.91 Å². The molecule has 3 rings (SSSR count). The summed E-state index contributed by atoms with van der Waals surface area (Å²) in [6.07, 6.45) is 4.23. The van der Waals surface area contributed by atoms with Gasteiger partial charge in [-0.1, -0.05) is 12.1 Å². The van der Waals surface area contributed by atoms with Crippen LogP contribution in [0.15, 0.2) is 41.3 Å². The monoisotopic (exact) mass is 388 g/mol. The first-order valence-electron chi connectivity index (χ1n) is 8.87. The molecule has 144 valence electrons. The molecule has 0 spiro atoms. The van der Waals surface area contributed by atoms with Gasteiger partial charge in [0.1, 0.15) is 10.6 Å². The van der Waals surface area contributed by atoms with Gasteiger partial charge in [-0.05, 0) is 61.1 Å². The number of benzene rings is 2. The highest BCUT2D eigenvalue weighted by atomic mass is 32.2. The molecule has 0 fully saturated rings. The Hall–Kier alpha value is -2.38. The number of nitrogens with one attached hydrogen (secondary N) is 1. The number of nitrogens with zero attached hydrogens (tertiary/aromatic N) is 1.